The molecule has 1 fully saturated rings. The van der Waals surface area contributed by atoms with Crippen LogP contribution in [0.2, 0.25) is 0 Å². The van der Waals surface area contributed by atoms with Crippen LogP contribution in [0.15, 0.2) is 30.3 Å². The summed E-state index contributed by atoms with van der Waals surface area (Å²) in [5.41, 5.74) is 0.823. The Balaban J connectivity index is 2.20. The van der Waals surface area contributed by atoms with Crippen molar-refractivity contribution in [2.24, 2.45) is 0 Å². The molecule has 1 heterocycles. The summed E-state index contributed by atoms with van der Waals surface area (Å²) in [6.45, 7) is 4.72. The molecule has 1 aromatic rings. The smallest absolute Gasteiger partial charge is 0.218 e. The van der Waals surface area contributed by atoms with Crippen molar-refractivity contribution >= 4 is 10.0 Å². The molecule has 0 N–H and O–H groups in total. The average Bonchev–Trinajstić information content (AvgIpc) is 2.28. The molecular formula is C13H19NO3S. The van der Waals surface area contributed by atoms with Crippen molar-refractivity contribution in [3.05, 3.63) is 35.9 Å². The van der Waals surface area contributed by atoms with E-state index in [1.54, 1.807) is 4.31 Å². The van der Waals surface area contributed by atoms with E-state index < -0.39 is 10.0 Å². The summed E-state index contributed by atoms with van der Waals surface area (Å²) in [4.78, 5) is 0. The average molecular weight is 269 g/mol. The predicted octanol–water partition coefficient (Wildman–Crippen LogP) is 1.63. The highest BCUT2D eigenvalue weighted by Crippen LogP contribution is 2.20. The minimum Gasteiger partial charge on any atom is -0.378 e. The van der Waals surface area contributed by atoms with E-state index in [1.807, 2.05) is 44.2 Å². The molecule has 100 valence electrons. The fraction of sp³-hybridized carbons (Fsp3) is 0.538. The van der Waals surface area contributed by atoms with Gasteiger partial charge in [-0.25, -0.2) is 8.42 Å². The molecule has 2 atom stereocenters. The van der Waals surface area contributed by atoms with Crippen LogP contribution in [0, 0.1) is 0 Å². The number of ether oxygens (including phenoxy) is 1. The largest absolute Gasteiger partial charge is 0.378 e. The third kappa shape index (κ3) is 2.91. The Morgan fingerprint density at radius 3 is 2.28 bits per heavy atom. The standard InChI is InChI=1S/C13H19NO3S/c1-11-8-17-9-12(2)14(11)18(15,16)10-13-6-4-3-5-7-13/h3-7,11-12H,8-10H2,1-2H3. The summed E-state index contributed by atoms with van der Waals surface area (Å²) in [6.07, 6.45) is 0. The topological polar surface area (TPSA) is 46.6 Å². The van der Waals surface area contributed by atoms with Crippen molar-refractivity contribution in [3.8, 4) is 0 Å². The van der Waals surface area contributed by atoms with Crippen molar-refractivity contribution in [2.45, 2.75) is 31.7 Å². The molecule has 18 heavy (non-hydrogen) atoms. The molecule has 0 radical (unpaired) electrons. The first-order valence-corrected chi connectivity index (χ1v) is 7.74. The first-order chi connectivity index (χ1) is 8.50. The van der Waals surface area contributed by atoms with Gasteiger partial charge in [0, 0.05) is 12.1 Å². The lowest BCUT2D eigenvalue weighted by Crippen LogP contribution is -2.52. The SMILES string of the molecule is CC1COCC(C)N1S(=O)(=O)Cc1ccccc1. The highest BCUT2D eigenvalue weighted by molar-refractivity contribution is 7.88. The molecule has 1 aliphatic heterocycles. The van der Waals surface area contributed by atoms with Crippen LogP contribution in [0.25, 0.3) is 0 Å². The molecule has 1 aromatic carbocycles. The van der Waals surface area contributed by atoms with E-state index in [0.29, 0.717) is 13.2 Å². The molecule has 2 unspecified atom stereocenters. The van der Waals surface area contributed by atoms with Gasteiger partial charge in [-0.05, 0) is 19.4 Å². The quantitative estimate of drug-likeness (QED) is 0.838. The molecule has 0 aliphatic carbocycles. The Morgan fingerprint density at radius 1 is 1.17 bits per heavy atom. The molecule has 0 amide bonds. The third-order valence-corrected chi connectivity index (χ3v) is 5.16. The first kappa shape index (κ1) is 13.5. The Kier molecular flexibility index (Phi) is 4.04. The van der Waals surface area contributed by atoms with Crippen molar-refractivity contribution in [1.29, 1.82) is 0 Å². The highest BCUT2D eigenvalue weighted by atomic mass is 32.2. The second kappa shape index (κ2) is 5.38. The van der Waals surface area contributed by atoms with E-state index in [9.17, 15) is 8.42 Å². The maximum Gasteiger partial charge on any atom is 0.218 e. The van der Waals surface area contributed by atoms with E-state index in [0.717, 1.165) is 5.56 Å². The molecule has 0 spiro atoms. The number of hydrogen-bond acceptors (Lipinski definition) is 3. The van der Waals surface area contributed by atoms with E-state index in [4.69, 9.17) is 4.74 Å². The molecule has 1 aliphatic rings. The van der Waals surface area contributed by atoms with Crippen molar-refractivity contribution in [2.75, 3.05) is 13.2 Å². The van der Waals surface area contributed by atoms with Crippen LogP contribution in [0.1, 0.15) is 19.4 Å². The number of morpholine rings is 1. The monoisotopic (exact) mass is 269 g/mol. The van der Waals surface area contributed by atoms with E-state index in [-0.39, 0.29) is 17.8 Å². The van der Waals surface area contributed by atoms with Gasteiger partial charge in [-0.2, -0.15) is 4.31 Å². The van der Waals surface area contributed by atoms with Gasteiger partial charge in [0.25, 0.3) is 0 Å². The zero-order chi connectivity index (χ0) is 13.2. The summed E-state index contributed by atoms with van der Waals surface area (Å²) in [7, 11) is -3.28. The molecular weight excluding hydrogens is 250 g/mol. The van der Waals surface area contributed by atoms with Gasteiger partial charge in [0.1, 0.15) is 0 Å². The Bertz CT molecular complexity index is 476. The van der Waals surface area contributed by atoms with Crippen LogP contribution >= 0.6 is 0 Å². The number of nitrogens with zero attached hydrogens (tertiary/aromatic N) is 1. The minimum atomic E-state index is -3.28. The maximum absolute atomic E-state index is 12.4. The molecule has 0 saturated carbocycles. The number of benzene rings is 1. The lowest BCUT2D eigenvalue weighted by Gasteiger charge is -2.37. The molecule has 2 rings (SSSR count). The van der Waals surface area contributed by atoms with Gasteiger partial charge in [-0.3, -0.25) is 0 Å². The van der Waals surface area contributed by atoms with E-state index in [1.165, 1.54) is 0 Å². The van der Waals surface area contributed by atoms with Gasteiger partial charge >= 0.3 is 0 Å². The maximum atomic E-state index is 12.4. The third-order valence-electron chi connectivity index (χ3n) is 3.10. The highest BCUT2D eigenvalue weighted by Gasteiger charge is 2.35. The number of hydrogen-bond donors (Lipinski definition) is 0. The zero-order valence-electron chi connectivity index (χ0n) is 10.7. The summed E-state index contributed by atoms with van der Waals surface area (Å²) < 4.78 is 31.8. The van der Waals surface area contributed by atoms with Crippen LogP contribution in [-0.4, -0.2) is 38.0 Å². The summed E-state index contributed by atoms with van der Waals surface area (Å²) >= 11 is 0. The minimum absolute atomic E-state index is 0.0581. The Morgan fingerprint density at radius 2 is 1.72 bits per heavy atom. The molecule has 1 saturated heterocycles. The van der Waals surface area contributed by atoms with Gasteiger partial charge < -0.3 is 4.74 Å². The summed E-state index contributed by atoms with van der Waals surface area (Å²) in [5, 5.41) is 0. The van der Waals surface area contributed by atoms with Gasteiger partial charge in [0.2, 0.25) is 10.0 Å². The Hall–Kier alpha value is -0.910. The fourth-order valence-electron chi connectivity index (χ4n) is 2.40. The van der Waals surface area contributed by atoms with E-state index in [2.05, 4.69) is 0 Å². The lowest BCUT2D eigenvalue weighted by molar-refractivity contribution is 0.00629. The van der Waals surface area contributed by atoms with Gasteiger partial charge in [-0.15, -0.1) is 0 Å². The van der Waals surface area contributed by atoms with Crippen LogP contribution in [0.5, 0.6) is 0 Å². The second-order valence-corrected chi connectivity index (χ2v) is 6.68. The van der Waals surface area contributed by atoms with Crippen LogP contribution in [0.4, 0.5) is 0 Å². The normalized spacial score (nSPS) is 26.1. The lowest BCUT2D eigenvalue weighted by atomic mass is 10.2. The zero-order valence-corrected chi connectivity index (χ0v) is 11.6. The van der Waals surface area contributed by atoms with Crippen molar-refractivity contribution in [1.82, 2.24) is 4.31 Å². The summed E-state index contributed by atoms with van der Waals surface area (Å²) in [6, 6.07) is 9.09. The second-order valence-electron chi connectivity index (χ2n) is 4.81. The van der Waals surface area contributed by atoms with E-state index >= 15 is 0 Å². The number of sulfonamides is 1. The van der Waals surface area contributed by atoms with Crippen molar-refractivity contribution in [3.63, 3.8) is 0 Å². The van der Waals surface area contributed by atoms with Gasteiger partial charge in [0.15, 0.2) is 0 Å². The van der Waals surface area contributed by atoms with Crippen LogP contribution in [0.3, 0.4) is 0 Å². The Labute approximate surface area is 109 Å². The van der Waals surface area contributed by atoms with Gasteiger partial charge in [0.05, 0.1) is 19.0 Å². The summed E-state index contributed by atoms with van der Waals surface area (Å²) in [5.74, 6) is 0.0581. The van der Waals surface area contributed by atoms with Gasteiger partial charge in [-0.1, -0.05) is 30.3 Å². The fourth-order valence-corrected chi connectivity index (χ4v) is 4.38. The molecule has 0 bridgehead atoms. The first-order valence-electron chi connectivity index (χ1n) is 6.13. The number of rotatable bonds is 3. The predicted molar refractivity (Wildman–Crippen MR) is 70.6 cm³/mol. The molecule has 5 heteroatoms. The van der Waals surface area contributed by atoms with Crippen LogP contribution in [-0.2, 0) is 20.5 Å². The van der Waals surface area contributed by atoms with Crippen LogP contribution < -0.4 is 0 Å². The van der Waals surface area contributed by atoms with Crippen molar-refractivity contribution < 1.29 is 13.2 Å². The molecule has 0 aromatic heterocycles. The molecule has 4 nitrogen and oxygen atoms in total.